The number of nitrogens with two attached hydrogens (primary N) is 1. The molecule has 0 saturated heterocycles. The molecule has 90 valence electrons. The summed E-state index contributed by atoms with van der Waals surface area (Å²) in [7, 11) is 0. The van der Waals surface area contributed by atoms with Gasteiger partial charge in [-0.1, -0.05) is 33.1 Å². The van der Waals surface area contributed by atoms with Crippen LogP contribution in [0.25, 0.3) is 0 Å². The Morgan fingerprint density at radius 2 is 1.87 bits per heavy atom. The largest absolute Gasteiger partial charge is 0.481 e. The lowest BCUT2D eigenvalue weighted by atomic mass is 9.85. The van der Waals surface area contributed by atoms with Crippen molar-refractivity contribution in [3.63, 3.8) is 0 Å². The van der Waals surface area contributed by atoms with E-state index in [4.69, 9.17) is 10.8 Å². The summed E-state index contributed by atoms with van der Waals surface area (Å²) in [4.78, 5) is 10.9. The monoisotopic (exact) mass is 215 g/mol. The molecule has 0 aromatic rings. The molecule has 2 atom stereocenters. The zero-order chi connectivity index (χ0) is 11.7. The highest BCUT2D eigenvalue weighted by Gasteiger charge is 2.22. The number of hydrogen-bond donors (Lipinski definition) is 2. The predicted octanol–water partition coefficient (Wildman–Crippen LogP) is 2.64. The van der Waals surface area contributed by atoms with Gasteiger partial charge in [-0.15, -0.1) is 0 Å². The number of unbranched alkanes of at least 4 members (excludes halogenated alkanes) is 2. The Hall–Kier alpha value is -0.570. The van der Waals surface area contributed by atoms with Crippen LogP contribution in [0.15, 0.2) is 0 Å². The van der Waals surface area contributed by atoms with Gasteiger partial charge in [0.2, 0.25) is 0 Å². The van der Waals surface area contributed by atoms with E-state index in [2.05, 4.69) is 6.92 Å². The number of rotatable bonds is 9. The zero-order valence-electron chi connectivity index (χ0n) is 10.0. The van der Waals surface area contributed by atoms with Gasteiger partial charge in [0.1, 0.15) is 0 Å². The first-order valence-electron chi connectivity index (χ1n) is 6.06. The van der Waals surface area contributed by atoms with Crippen LogP contribution >= 0.6 is 0 Å². The maximum Gasteiger partial charge on any atom is 0.306 e. The van der Waals surface area contributed by atoms with Gasteiger partial charge in [0, 0.05) is 0 Å². The van der Waals surface area contributed by atoms with Gasteiger partial charge in [-0.05, 0) is 31.7 Å². The smallest absolute Gasteiger partial charge is 0.306 e. The van der Waals surface area contributed by atoms with Gasteiger partial charge in [0.25, 0.3) is 0 Å². The first-order valence-corrected chi connectivity index (χ1v) is 6.06. The topological polar surface area (TPSA) is 63.3 Å². The Labute approximate surface area is 93.0 Å². The predicted molar refractivity (Wildman–Crippen MR) is 62.7 cm³/mol. The highest BCUT2D eigenvalue weighted by Crippen LogP contribution is 2.24. The summed E-state index contributed by atoms with van der Waals surface area (Å²) in [5.74, 6) is -0.598. The van der Waals surface area contributed by atoms with Crippen molar-refractivity contribution in [3.8, 4) is 0 Å². The van der Waals surface area contributed by atoms with Gasteiger partial charge in [-0.25, -0.2) is 0 Å². The van der Waals surface area contributed by atoms with Crippen LogP contribution in [0.2, 0.25) is 0 Å². The molecule has 0 heterocycles. The van der Waals surface area contributed by atoms with E-state index >= 15 is 0 Å². The molecule has 0 aliphatic heterocycles. The van der Waals surface area contributed by atoms with E-state index in [1.165, 1.54) is 12.8 Å². The van der Waals surface area contributed by atoms with Crippen molar-refractivity contribution in [1.82, 2.24) is 0 Å². The van der Waals surface area contributed by atoms with Crippen molar-refractivity contribution in [2.24, 2.45) is 17.6 Å². The molecule has 0 aliphatic carbocycles. The van der Waals surface area contributed by atoms with Gasteiger partial charge < -0.3 is 10.8 Å². The summed E-state index contributed by atoms with van der Waals surface area (Å²) in [5, 5.41) is 8.98. The van der Waals surface area contributed by atoms with Gasteiger partial charge in [0.15, 0.2) is 0 Å². The molecule has 3 nitrogen and oxygen atoms in total. The zero-order valence-corrected chi connectivity index (χ0v) is 10.0. The number of hydrogen-bond acceptors (Lipinski definition) is 2. The molecular formula is C12H25NO2. The summed E-state index contributed by atoms with van der Waals surface area (Å²) >= 11 is 0. The lowest BCUT2D eigenvalue weighted by Gasteiger charge is -2.20. The van der Waals surface area contributed by atoms with E-state index in [1.807, 2.05) is 6.92 Å². The summed E-state index contributed by atoms with van der Waals surface area (Å²) in [6, 6.07) is 0. The van der Waals surface area contributed by atoms with Crippen LogP contribution in [0.4, 0.5) is 0 Å². The maximum atomic E-state index is 10.9. The number of carbonyl (C=O) groups is 1. The fraction of sp³-hybridized carbons (Fsp3) is 0.917. The second kappa shape index (κ2) is 8.72. The van der Waals surface area contributed by atoms with Gasteiger partial charge >= 0.3 is 5.97 Å². The van der Waals surface area contributed by atoms with Crippen LogP contribution in [0.1, 0.15) is 52.4 Å². The highest BCUT2D eigenvalue weighted by molar-refractivity contribution is 5.69. The van der Waals surface area contributed by atoms with Gasteiger partial charge in [-0.2, -0.15) is 0 Å². The molecule has 2 unspecified atom stereocenters. The second-order valence-corrected chi connectivity index (χ2v) is 4.31. The molecule has 0 aromatic heterocycles. The van der Waals surface area contributed by atoms with Crippen LogP contribution in [-0.2, 0) is 4.79 Å². The van der Waals surface area contributed by atoms with Crippen LogP contribution in [0.5, 0.6) is 0 Å². The van der Waals surface area contributed by atoms with Crippen molar-refractivity contribution in [2.75, 3.05) is 6.54 Å². The van der Waals surface area contributed by atoms with Crippen LogP contribution in [0.3, 0.4) is 0 Å². The van der Waals surface area contributed by atoms with Crippen LogP contribution < -0.4 is 5.73 Å². The molecule has 0 aromatic carbocycles. The first-order chi connectivity index (χ1) is 7.13. The van der Waals surface area contributed by atoms with Crippen LogP contribution in [0, 0.1) is 11.8 Å². The third kappa shape index (κ3) is 6.50. The van der Waals surface area contributed by atoms with E-state index in [0.29, 0.717) is 12.5 Å². The summed E-state index contributed by atoms with van der Waals surface area (Å²) in [6.07, 6.45) is 6.45. The minimum absolute atomic E-state index is 0.228. The third-order valence-electron chi connectivity index (χ3n) is 3.05. The molecule has 3 N–H and O–H groups in total. The Morgan fingerprint density at radius 1 is 1.27 bits per heavy atom. The molecule has 0 rings (SSSR count). The molecule has 3 heteroatoms. The second-order valence-electron chi connectivity index (χ2n) is 4.31. The van der Waals surface area contributed by atoms with Crippen molar-refractivity contribution in [2.45, 2.75) is 52.4 Å². The molecule has 0 saturated carbocycles. The van der Waals surface area contributed by atoms with E-state index in [1.54, 1.807) is 0 Å². The summed E-state index contributed by atoms with van der Waals surface area (Å²) in [6.45, 7) is 4.64. The molecule has 0 radical (unpaired) electrons. The Balaban J connectivity index is 3.99. The fourth-order valence-corrected chi connectivity index (χ4v) is 1.88. The van der Waals surface area contributed by atoms with E-state index in [9.17, 15) is 4.79 Å². The van der Waals surface area contributed by atoms with E-state index < -0.39 is 5.97 Å². The first kappa shape index (κ1) is 14.4. The minimum atomic E-state index is -0.673. The Bertz CT molecular complexity index is 171. The quantitative estimate of drug-likeness (QED) is 0.581. The molecule has 0 aliphatic rings. The van der Waals surface area contributed by atoms with Crippen molar-refractivity contribution < 1.29 is 9.90 Å². The lowest BCUT2D eigenvalue weighted by Crippen LogP contribution is -2.21. The molecule has 15 heavy (non-hydrogen) atoms. The molecule has 0 fully saturated rings. The molecule has 0 bridgehead atoms. The normalized spacial score (nSPS) is 14.9. The number of carboxylic acid groups (broad SMARTS) is 1. The Kier molecular flexibility index (Phi) is 8.38. The fourth-order valence-electron chi connectivity index (χ4n) is 1.88. The van der Waals surface area contributed by atoms with Crippen LogP contribution in [-0.4, -0.2) is 17.6 Å². The number of carboxylic acids is 1. The maximum absolute atomic E-state index is 10.9. The summed E-state index contributed by atoms with van der Waals surface area (Å²) in [5.41, 5.74) is 5.46. The Morgan fingerprint density at radius 3 is 2.33 bits per heavy atom. The minimum Gasteiger partial charge on any atom is -0.481 e. The summed E-state index contributed by atoms with van der Waals surface area (Å²) < 4.78 is 0. The third-order valence-corrected chi connectivity index (χ3v) is 3.05. The van der Waals surface area contributed by atoms with Crippen molar-refractivity contribution in [3.05, 3.63) is 0 Å². The van der Waals surface area contributed by atoms with Crippen molar-refractivity contribution >= 4 is 5.97 Å². The average molecular weight is 215 g/mol. The average Bonchev–Trinajstić information content (AvgIpc) is 2.22. The molecule has 0 spiro atoms. The lowest BCUT2D eigenvalue weighted by molar-refractivity contribution is -0.143. The molecular weight excluding hydrogens is 190 g/mol. The number of aliphatic carboxylic acids is 1. The van der Waals surface area contributed by atoms with E-state index in [-0.39, 0.29) is 5.92 Å². The van der Waals surface area contributed by atoms with Gasteiger partial charge in [-0.3, -0.25) is 4.79 Å². The standard InChI is InChI=1S/C12H25NO2/c1-3-4-5-7-11(8-6-9-13)10(2)12(14)15/h10-11H,3-9,13H2,1-2H3,(H,14,15). The SMILES string of the molecule is CCCCCC(CCCN)C(C)C(=O)O. The van der Waals surface area contributed by atoms with Gasteiger partial charge in [0.05, 0.1) is 5.92 Å². The highest BCUT2D eigenvalue weighted by atomic mass is 16.4. The molecule has 0 amide bonds. The van der Waals surface area contributed by atoms with Crippen molar-refractivity contribution in [1.29, 1.82) is 0 Å². The van der Waals surface area contributed by atoms with E-state index in [0.717, 1.165) is 25.7 Å².